The Kier molecular flexibility index (Phi) is 11.4. The van der Waals surface area contributed by atoms with Crippen LogP contribution < -0.4 is 9.47 Å². The Balaban J connectivity index is 2.32. The fraction of sp³-hybridized carbons (Fsp3) is 0.636. The van der Waals surface area contributed by atoms with Crippen LogP contribution in [0.5, 0.6) is 11.5 Å². The average Bonchev–Trinajstić information content (AvgIpc) is 2.63. The van der Waals surface area contributed by atoms with Crippen LogP contribution in [0.2, 0.25) is 0 Å². The Morgan fingerprint density at radius 2 is 1.35 bits per heavy atom. The predicted molar refractivity (Wildman–Crippen MR) is 104 cm³/mol. The van der Waals surface area contributed by atoms with E-state index in [9.17, 15) is 9.59 Å². The summed E-state index contributed by atoms with van der Waals surface area (Å²) in [6, 6.07) is 6.82. The standard InChI is InChI=1S/C22H34O4/c1-4-13-21(23)25-19-15-11-12-16-20(19)26-22(24)17-10-8-7-9-14-18(5-2)6-3/h11-12,15-16,18H,4-10,13-14,17H2,1-3H3. The van der Waals surface area contributed by atoms with Crippen LogP contribution in [0.25, 0.3) is 0 Å². The third kappa shape index (κ3) is 9.02. The maximum atomic E-state index is 12.0. The van der Waals surface area contributed by atoms with Gasteiger partial charge in [0.25, 0.3) is 0 Å². The zero-order chi connectivity index (χ0) is 19.2. The highest BCUT2D eigenvalue weighted by atomic mass is 16.6. The minimum atomic E-state index is -0.312. The van der Waals surface area contributed by atoms with Crippen molar-refractivity contribution < 1.29 is 19.1 Å². The molecule has 1 aromatic carbocycles. The quantitative estimate of drug-likeness (QED) is 0.243. The molecule has 0 saturated carbocycles. The molecule has 0 unspecified atom stereocenters. The number of carbonyl (C=O) groups is 2. The Hall–Kier alpha value is -1.84. The molecule has 1 aromatic rings. The van der Waals surface area contributed by atoms with E-state index in [2.05, 4.69) is 13.8 Å². The molecular formula is C22H34O4. The van der Waals surface area contributed by atoms with Crippen molar-refractivity contribution in [2.75, 3.05) is 0 Å². The van der Waals surface area contributed by atoms with Gasteiger partial charge in [0.05, 0.1) is 0 Å². The van der Waals surface area contributed by atoms with Gasteiger partial charge in [-0.1, -0.05) is 71.4 Å². The van der Waals surface area contributed by atoms with Gasteiger partial charge in [-0.3, -0.25) is 9.59 Å². The molecule has 0 aromatic heterocycles. The minimum absolute atomic E-state index is 0.274. The van der Waals surface area contributed by atoms with Crippen LogP contribution in [0.4, 0.5) is 0 Å². The summed E-state index contributed by atoms with van der Waals surface area (Å²) in [7, 11) is 0. The van der Waals surface area contributed by atoms with E-state index in [4.69, 9.17) is 9.47 Å². The second kappa shape index (κ2) is 13.4. The number of rotatable bonds is 13. The number of para-hydroxylation sites is 2. The first-order chi connectivity index (χ1) is 12.6. The summed E-state index contributed by atoms with van der Waals surface area (Å²) in [4.78, 5) is 23.7. The first kappa shape index (κ1) is 22.2. The molecule has 0 bridgehead atoms. The summed E-state index contributed by atoms with van der Waals surface area (Å²) in [5.41, 5.74) is 0. The molecule has 0 atom stereocenters. The first-order valence-electron chi connectivity index (χ1n) is 10.1. The van der Waals surface area contributed by atoms with E-state index < -0.39 is 0 Å². The number of hydrogen-bond donors (Lipinski definition) is 0. The number of benzene rings is 1. The average molecular weight is 363 g/mol. The highest BCUT2D eigenvalue weighted by Crippen LogP contribution is 2.27. The number of unbranched alkanes of at least 4 members (excludes halogenated alkanes) is 3. The monoisotopic (exact) mass is 362 g/mol. The van der Waals surface area contributed by atoms with E-state index in [0.29, 0.717) is 24.3 Å². The molecule has 0 saturated heterocycles. The minimum Gasteiger partial charge on any atom is -0.423 e. The highest BCUT2D eigenvalue weighted by Gasteiger charge is 2.12. The number of esters is 2. The molecule has 0 amide bonds. The molecule has 0 aliphatic rings. The molecular weight excluding hydrogens is 328 g/mol. The van der Waals surface area contributed by atoms with Crippen LogP contribution in [0, 0.1) is 5.92 Å². The maximum Gasteiger partial charge on any atom is 0.311 e. The largest absolute Gasteiger partial charge is 0.423 e. The lowest BCUT2D eigenvalue weighted by Gasteiger charge is -2.11. The van der Waals surface area contributed by atoms with Crippen molar-refractivity contribution in [3.8, 4) is 11.5 Å². The van der Waals surface area contributed by atoms with Crippen LogP contribution in [0.3, 0.4) is 0 Å². The number of ether oxygens (including phenoxy) is 2. The topological polar surface area (TPSA) is 52.6 Å². The van der Waals surface area contributed by atoms with E-state index in [1.54, 1.807) is 24.3 Å². The Morgan fingerprint density at radius 1 is 0.808 bits per heavy atom. The van der Waals surface area contributed by atoms with Crippen molar-refractivity contribution in [3.63, 3.8) is 0 Å². The van der Waals surface area contributed by atoms with Crippen molar-refractivity contribution in [1.82, 2.24) is 0 Å². The molecule has 0 radical (unpaired) electrons. The van der Waals surface area contributed by atoms with Crippen molar-refractivity contribution in [3.05, 3.63) is 24.3 Å². The molecule has 4 nitrogen and oxygen atoms in total. The van der Waals surface area contributed by atoms with Gasteiger partial charge in [-0.2, -0.15) is 0 Å². The molecule has 1 rings (SSSR count). The van der Waals surface area contributed by atoms with Gasteiger partial charge in [0, 0.05) is 12.8 Å². The van der Waals surface area contributed by atoms with E-state index in [1.165, 1.54) is 25.7 Å². The predicted octanol–water partition coefficient (Wildman–Crippen LogP) is 6.07. The SMILES string of the molecule is CCCC(=O)Oc1ccccc1OC(=O)CCCCCCC(CC)CC. The summed E-state index contributed by atoms with van der Waals surface area (Å²) in [5, 5.41) is 0. The van der Waals surface area contributed by atoms with Crippen LogP contribution in [0.15, 0.2) is 24.3 Å². The van der Waals surface area contributed by atoms with Gasteiger partial charge in [0.2, 0.25) is 0 Å². The molecule has 0 spiro atoms. The fourth-order valence-electron chi connectivity index (χ4n) is 2.92. The van der Waals surface area contributed by atoms with Crippen LogP contribution in [-0.4, -0.2) is 11.9 Å². The van der Waals surface area contributed by atoms with Gasteiger partial charge < -0.3 is 9.47 Å². The maximum absolute atomic E-state index is 12.0. The lowest BCUT2D eigenvalue weighted by molar-refractivity contribution is -0.137. The summed E-state index contributed by atoms with van der Waals surface area (Å²) >= 11 is 0. The van der Waals surface area contributed by atoms with Crippen molar-refractivity contribution in [1.29, 1.82) is 0 Å². The van der Waals surface area contributed by atoms with Gasteiger partial charge in [0.1, 0.15) is 0 Å². The molecule has 26 heavy (non-hydrogen) atoms. The lowest BCUT2D eigenvalue weighted by Crippen LogP contribution is -2.11. The molecule has 146 valence electrons. The van der Waals surface area contributed by atoms with Gasteiger partial charge in [-0.15, -0.1) is 0 Å². The van der Waals surface area contributed by atoms with Crippen molar-refractivity contribution >= 4 is 11.9 Å². The van der Waals surface area contributed by atoms with Gasteiger partial charge in [-0.05, 0) is 30.9 Å². The van der Waals surface area contributed by atoms with Crippen LogP contribution >= 0.6 is 0 Å². The van der Waals surface area contributed by atoms with Gasteiger partial charge in [-0.25, -0.2) is 0 Å². The second-order valence-electron chi connectivity index (χ2n) is 6.78. The van der Waals surface area contributed by atoms with Crippen LogP contribution in [-0.2, 0) is 9.59 Å². The summed E-state index contributed by atoms with van der Waals surface area (Å²) in [6.45, 7) is 6.42. The molecule has 0 heterocycles. The normalized spacial score (nSPS) is 10.8. The third-order valence-electron chi connectivity index (χ3n) is 4.65. The second-order valence-corrected chi connectivity index (χ2v) is 6.78. The zero-order valence-corrected chi connectivity index (χ0v) is 16.6. The third-order valence-corrected chi connectivity index (χ3v) is 4.65. The Bertz CT molecular complexity index is 535. The summed E-state index contributed by atoms with van der Waals surface area (Å²) in [5.74, 6) is 0.879. The molecule has 0 N–H and O–H groups in total. The Labute approximate surface area is 158 Å². The smallest absolute Gasteiger partial charge is 0.311 e. The van der Waals surface area contributed by atoms with Crippen molar-refractivity contribution in [2.24, 2.45) is 5.92 Å². The van der Waals surface area contributed by atoms with Crippen molar-refractivity contribution in [2.45, 2.75) is 85.0 Å². The zero-order valence-electron chi connectivity index (χ0n) is 16.6. The van der Waals surface area contributed by atoms with Gasteiger partial charge >= 0.3 is 11.9 Å². The van der Waals surface area contributed by atoms with Gasteiger partial charge in [0.15, 0.2) is 11.5 Å². The highest BCUT2D eigenvalue weighted by molar-refractivity contribution is 5.76. The molecule has 0 fully saturated rings. The molecule has 0 aliphatic heterocycles. The lowest BCUT2D eigenvalue weighted by atomic mass is 9.96. The summed E-state index contributed by atoms with van der Waals surface area (Å²) < 4.78 is 10.7. The van der Waals surface area contributed by atoms with E-state index in [-0.39, 0.29) is 11.9 Å². The number of carbonyl (C=O) groups excluding carboxylic acids is 2. The first-order valence-corrected chi connectivity index (χ1v) is 10.1. The summed E-state index contributed by atoms with van der Waals surface area (Å²) in [6.07, 6.45) is 9.53. The van der Waals surface area contributed by atoms with E-state index in [1.807, 2.05) is 6.92 Å². The van der Waals surface area contributed by atoms with E-state index >= 15 is 0 Å². The number of hydrogen-bond acceptors (Lipinski definition) is 4. The Morgan fingerprint density at radius 3 is 1.88 bits per heavy atom. The molecule has 4 heteroatoms. The van der Waals surface area contributed by atoms with Crippen LogP contribution in [0.1, 0.15) is 85.0 Å². The molecule has 0 aliphatic carbocycles. The van der Waals surface area contributed by atoms with E-state index in [0.717, 1.165) is 31.6 Å². The fourth-order valence-corrected chi connectivity index (χ4v) is 2.92.